The van der Waals surface area contributed by atoms with Gasteiger partial charge in [-0.05, 0) is 44.0 Å². The van der Waals surface area contributed by atoms with Crippen LogP contribution in [0.5, 0.6) is 0 Å². The van der Waals surface area contributed by atoms with Gasteiger partial charge in [-0.3, -0.25) is 0 Å². The van der Waals surface area contributed by atoms with Gasteiger partial charge in [0.05, 0.1) is 12.6 Å². The highest BCUT2D eigenvalue weighted by Crippen LogP contribution is 2.28. The minimum atomic E-state index is -0.294. The molecule has 112 valence electrons. The van der Waals surface area contributed by atoms with Crippen LogP contribution in [0.2, 0.25) is 0 Å². The molecule has 5 heteroatoms. The Morgan fingerprint density at radius 1 is 1.40 bits per heavy atom. The Kier molecular flexibility index (Phi) is 6.88. The fraction of sp³-hybridized carbons (Fsp3) is 0.533. The van der Waals surface area contributed by atoms with Gasteiger partial charge in [-0.2, -0.15) is 0 Å². The second kappa shape index (κ2) is 8.17. The molecule has 1 aromatic rings. The molecule has 0 aliphatic rings. The maximum Gasteiger partial charge on any atom is 0.319 e. The van der Waals surface area contributed by atoms with Crippen LogP contribution in [0.15, 0.2) is 23.1 Å². The van der Waals surface area contributed by atoms with Crippen LogP contribution in [0.25, 0.3) is 0 Å². The lowest BCUT2D eigenvalue weighted by Crippen LogP contribution is -2.38. The highest BCUT2D eigenvalue weighted by Gasteiger charge is 2.09. The third-order valence-electron chi connectivity index (χ3n) is 3.01. The summed E-state index contributed by atoms with van der Waals surface area (Å²) in [6.45, 7) is 8.03. The smallest absolute Gasteiger partial charge is 0.319 e. The molecule has 0 fully saturated rings. The molecule has 2 atom stereocenters. The molecule has 0 saturated heterocycles. The van der Waals surface area contributed by atoms with Gasteiger partial charge < -0.3 is 15.7 Å². The lowest BCUT2D eigenvalue weighted by molar-refractivity contribution is 0.229. The molecule has 0 aliphatic heterocycles. The Morgan fingerprint density at radius 3 is 2.65 bits per heavy atom. The lowest BCUT2D eigenvalue weighted by Gasteiger charge is -2.15. The molecule has 1 aromatic carbocycles. The molecule has 3 N–H and O–H groups in total. The fourth-order valence-electron chi connectivity index (χ4n) is 1.59. The first kappa shape index (κ1) is 16.9. The van der Waals surface area contributed by atoms with Crippen molar-refractivity contribution in [2.75, 3.05) is 11.9 Å². The van der Waals surface area contributed by atoms with Gasteiger partial charge in [0, 0.05) is 15.8 Å². The highest BCUT2D eigenvalue weighted by molar-refractivity contribution is 7.99. The summed E-state index contributed by atoms with van der Waals surface area (Å²) in [4.78, 5) is 12.9. The Hall–Kier alpha value is -1.20. The van der Waals surface area contributed by atoms with Crippen LogP contribution in [0.4, 0.5) is 10.5 Å². The van der Waals surface area contributed by atoms with Crippen molar-refractivity contribution in [2.45, 2.75) is 50.3 Å². The number of benzene rings is 1. The van der Waals surface area contributed by atoms with E-state index < -0.39 is 0 Å². The number of aliphatic hydroxyl groups is 1. The zero-order chi connectivity index (χ0) is 15.1. The molecule has 0 bridgehead atoms. The van der Waals surface area contributed by atoms with E-state index in [9.17, 15) is 4.79 Å². The van der Waals surface area contributed by atoms with E-state index in [-0.39, 0.29) is 18.7 Å². The minimum absolute atomic E-state index is 0.0725. The van der Waals surface area contributed by atoms with Crippen molar-refractivity contribution in [2.24, 2.45) is 0 Å². The summed E-state index contributed by atoms with van der Waals surface area (Å²) in [5.41, 5.74) is 1.83. The molecule has 0 spiro atoms. The molecular weight excluding hydrogens is 272 g/mol. The van der Waals surface area contributed by atoms with Crippen LogP contribution < -0.4 is 10.6 Å². The quantitative estimate of drug-likeness (QED) is 0.705. The summed E-state index contributed by atoms with van der Waals surface area (Å²) >= 11 is 1.84. The average molecular weight is 296 g/mol. The number of urea groups is 1. The number of rotatable bonds is 6. The first-order valence-electron chi connectivity index (χ1n) is 6.92. The zero-order valence-electron chi connectivity index (χ0n) is 12.6. The Bertz CT molecular complexity index is 451. The van der Waals surface area contributed by atoms with Crippen LogP contribution in [0.1, 0.15) is 32.8 Å². The summed E-state index contributed by atoms with van der Waals surface area (Å²) in [5, 5.41) is 14.9. The SMILES string of the molecule is CCC(C)Sc1ccc(NC(=O)NC(C)CO)c(C)c1. The van der Waals surface area contributed by atoms with E-state index in [4.69, 9.17) is 5.11 Å². The molecule has 4 nitrogen and oxygen atoms in total. The number of carbonyl (C=O) groups is 1. The van der Waals surface area contributed by atoms with Gasteiger partial charge in [-0.25, -0.2) is 4.79 Å². The number of hydrogen-bond acceptors (Lipinski definition) is 3. The molecule has 0 heterocycles. The minimum Gasteiger partial charge on any atom is -0.394 e. The zero-order valence-corrected chi connectivity index (χ0v) is 13.4. The average Bonchev–Trinajstić information content (AvgIpc) is 2.41. The molecular formula is C15H24N2O2S. The summed E-state index contributed by atoms with van der Waals surface area (Å²) < 4.78 is 0. The van der Waals surface area contributed by atoms with E-state index in [0.717, 1.165) is 17.7 Å². The Balaban J connectivity index is 2.66. The Labute approximate surface area is 125 Å². The maximum atomic E-state index is 11.7. The number of thioether (sulfide) groups is 1. The lowest BCUT2D eigenvalue weighted by atomic mass is 10.2. The van der Waals surface area contributed by atoms with Crippen molar-refractivity contribution in [3.8, 4) is 0 Å². The van der Waals surface area contributed by atoms with Crippen LogP contribution in [0, 0.1) is 6.92 Å². The third kappa shape index (κ3) is 5.43. The predicted molar refractivity (Wildman–Crippen MR) is 85.5 cm³/mol. The summed E-state index contributed by atoms with van der Waals surface area (Å²) in [7, 11) is 0. The normalized spacial score (nSPS) is 13.7. The second-order valence-corrected chi connectivity index (χ2v) is 6.51. The number of nitrogens with one attached hydrogen (secondary N) is 2. The van der Waals surface area contributed by atoms with Gasteiger partial charge in [0.25, 0.3) is 0 Å². The van der Waals surface area contributed by atoms with Crippen molar-refractivity contribution < 1.29 is 9.90 Å². The monoisotopic (exact) mass is 296 g/mol. The van der Waals surface area contributed by atoms with Gasteiger partial charge in [0.2, 0.25) is 0 Å². The predicted octanol–water partition coefficient (Wildman–Crippen LogP) is 3.39. The number of aryl methyl sites for hydroxylation is 1. The number of amides is 2. The summed E-state index contributed by atoms with van der Waals surface area (Å²) in [6, 6.07) is 5.48. The third-order valence-corrected chi connectivity index (χ3v) is 4.27. The van der Waals surface area contributed by atoms with Crippen molar-refractivity contribution in [3.05, 3.63) is 23.8 Å². The van der Waals surface area contributed by atoms with E-state index in [1.54, 1.807) is 6.92 Å². The van der Waals surface area contributed by atoms with Crippen molar-refractivity contribution in [1.82, 2.24) is 5.32 Å². The van der Waals surface area contributed by atoms with Crippen LogP contribution in [0.3, 0.4) is 0 Å². The Morgan fingerprint density at radius 2 is 2.10 bits per heavy atom. The van der Waals surface area contributed by atoms with E-state index in [1.807, 2.05) is 30.8 Å². The van der Waals surface area contributed by atoms with Crippen molar-refractivity contribution in [1.29, 1.82) is 0 Å². The van der Waals surface area contributed by atoms with Gasteiger partial charge in [0.15, 0.2) is 0 Å². The molecule has 2 unspecified atom stereocenters. The maximum absolute atomic E-state index is 11.7. The fourth-order valence-corrected chi connectivity index (χ4v) is 2.62. The molecule has 0 radical (unpaired) electrons. The molecule has 1 rings (SSSR count). The number of carbonyl (C=O) groups excluding carboxylic acids is 1. The first-order chi connectivity index (χ1) is 9.46. The highest BCUT2D eigenvalue weighted by atomic mass is 32.2. The van der Waals surface area contributed by atoms with Gasteiger partial charge >= 0.3 is 6.03 Å². The molecule has 0 saturated carbocycles. The van der Waals surface area contributed by atoms with E-state index in [2.05, 4.69) is 30.5 Å². The number of aliphatic hydroxyl groups excluding tert-OH is 1. The van der Waals surface area contributed by atoms with Crippen LogP contribution in [-0.2, 0) is 0 Å². The largest absolute Gasteiger partial charge is 0.394 e. The summed E-state index contributed by atoms with van der Waals surface area (Å²) in [5.74, 6) is 0. The van der Waals surface area contributed by atoms with Crippen molar-refractivity contribution in [3.63, 3.8) is 0 Å². The second-order valence-electron chi connectivity index (χ2n) is 5.00. The molecule has 0 aliphatic carbocycles. The topological polar surface area (TPSA) is 61.4 Å². The van der Waals surface area contributed by atoms with Crippen LogP contribution >= 0.6 is 11.8 Å². The molecule has 0 aromatic heterocycles. The van der Waals surface area contributed by atoms with E-state index >= 15 is 0 Å². The van der Waals surface area contributed by atoms with Gasteiger partial charge in [-0.15, -0.1) is 11.8 Å². The summed E-state index contributed by atoms with van der Waals surface area (Å²) in [6.07, 6.45) is 1.13. The van der Waals surface area contributed by atoms with Crippen LogP contribution in [-0.4, -0.2) is 29.0 Å². The van der Waals surface area contributed by atoms with Crippen molar-refractivity contribution >= 4 is 23.5 Å². The van der Waals surface area contributed by atoms with Gasteiger partial charge in [0.1, 0.15) is 0 Å². The number of hydrogen-bond donors (Lipinski definition) is 3. The van der Waals surface area contributed by atoms with E-state index in [1.165, 1.54) is 4.90 Å². The molecule has 20 heavy (non-hydrogen) atoms. The molecule has 2 amide bonds. The van der Waals surface area contributed by atoms with E-state index in [0.29, 0.717) is 5.25 Å². The first-order valence-corrected chi connectivity index (χ1v) is 7.79. The standard InChI is InChI=1S/C15H24N2O2S/c1-5-12(4)20-13-6-7-14(10(2)8-13)17-15(19)16-11(3)9-18/h6-8,11-12,18H,5,9H2,1-4H3,(H2,16,17,19). The number of anilines is 1. The van der Waals surface area contributed by atoms with Gasteiger partial charge in [-0.1, -0.05) is 13.8 Å².